The third kappa shape index (κ3) is 45.7. The molecule has 0 aliphatic rings. The van der Waals surface area contributed by atoms with Gasteiger partial charge in [-0.2, -0.15) is 0 Å². The molecular formula is C54H90O6. The fraction of sp³-hybridized carbons (Fsp3) is 0.685. The lowest BCUT2D eigenvalue weighted by Crippen LogP contribution is -2.30. The molecule has 6 nitrogen and oxygen atoms in total. The summed E-state index contributed by atoms with van der Waals surface area (Å²) in [7, 11) is 0. The predicted molar refractivity (Wildman–Crippen MR) is 256 cm³/mol. The average molecular weight is 835 g/mol. The Bertz CT molecular complexity index is 1190. The van der Waals surface area contributed by atoms with Crippen molar-refractivity contribution < 1.29 is 28.6 Å². The van der Waals surface area contributed by atoms with E-state index in [1.54, 1.807) is 0 Å². The third-order valence-corrected chi connectivity index (χ3v) is 10.3. The molecule has 0 saturated carbocycles. The van der Waals surface area contributed by atoms with E-state index in [4.69, 9.17) is 14.2 Å². The largest absolute Gasteiger partial charge is 0.462 e. The molecule has 1 unspecified atom stereocenters. The van der Waals surface area contributed by atoms with E-state index in [1.165, 1.54) is 89.9 Å². The van der Waals surface area contributed by atoms with Gasteiger partial charge in [0, 0.05) is 19.3 Å². The molecule has 6 heteroatoms. The van der Waals surface area contributed by atoms with Crippen molar-refractivity contribution in [3.63, 3.8) is 0 Å². The van der Waals surface area contributed by atoms with Crippen LogP contribution in [0.5, 0.6) is 0 Å². The molecule has 0 fully saturated rings. The van der Waals surface area contributed by atoms with Gasteiger partial charge in [0.05, 0.1) is 0 Å². The molecule has 0 rings (SSSR count). The van der Waals surface area contributed by atoms with E-state index >= 15 is 0 Å². The fourth-order valence-corrected chi connectivity index (χ4v) is 6.57. The van der Waals surface area contributed by atoms with E-state index < -0.39 is 6.10 Å². The summed E-state index contributed by atoms with van der Waals surface area (Å²) in [5.41, 5.74) is 0. The number of ether oxygens (including phenoxy) is 3. The summed E-state index contributed by atoms with van der Waals surface area (Å²) in [6, 6.07) is 0. The van der Waals surface area contributed by atoms with Crippen molar-refractivity contribution in [3.05, 3.63) is 85.1 Å². The Hall–Kier alpha value is -3.41. The maximum absolute atomic E-state index is 12.7. The molecule has 0 aromatic rings. The molecule has 0 amide bonds. The Morgan fingerprint density at radius 3 is 1.05 bits per heavy atom. The van der Waals surface area contributed by atoms with Crippen LogP contribution >= 0.6 is 0 Å². The molecule has 0 N–H and O–H groups in total. The van der Waals surface area contributed by atoms with Crippen molar-refractivity contribution >= 4 is 17.9 Å². The number of carbonyl (C=O) groups is 3. The predicted octanol–water partition coefficient (Wildman–Crippen LogP) is 16.0. The first kappa shape index (κ1) is 56.6. The maximum atomic E-state index is 12.7. The second-order valence-electron chi connectivity index (χ2n) is 16.1. The summed E-state index contributed by atoms with van der Waals surface area (Å²) in [4.78, 5) is 37.8. The van der Waals surface area contributed by atoms with Gasteiger partial charge in [-0.25, -0.2) is 0 Å². The number of hydrogen-bond acceptors (Lipinski definition) is 6. The Morgan fingerprint density at radius 2 is 0.650 bits per heavy atom. The van der Waals surface area contributed by atoms with Crippen LogP contribution in [0.2, 0.25) is 0 Å². The van der Waals surface area contributed by atoms with Gasteiger partial charge < -0.3 is 14.2 Å². The van der Waals surface area contributed by atoms with Crippen LogP contribution in [-0.2, 0) is 28.6 Å². The van der Waals surface area contributed by atoms with Crippen molar-refractivity contribution in [2.75, 3.05) is 13.2 Å². The minimum atomic E-state index is -0.802. The lowest BCUT2D eigenvalue weighted by Gasteiger charge is -2.18. The van der Waals surface area contributed by atoms with E-state index in [0.717, 1.165) is 83.5 Å². The number of esters is 3. The molecule has 60 heavy (non-hydrogen) atoms. The number of hydrogen-bond donors (Lipinski definition) is 0. The van der Waals surface area contributed by atoms with Crippen LogP contribution in [0.3, 0.4) is 0 Å². The van der Waals surface area contributed by atoms with Gasteiger partial charge in [0.25, 0.3) is 0 Å². The molecular weight excluding hydrogens is 745 g/mol. The Kier molecular flexibility index (Phi) is 45.5. The normalized spacial score (nSPS) is 12.8. The lowest BCUT2D eigenvalue weighted by molar-refractivity contribution is -0.167. The molecule has 0 aromatic heterocycles. The molecule has 0 aromatic carbocycles. The molecule has 0 heterocycles. The van der Waals surface area contributed by atoms with Gasteiger partial charge in [0.1, 0.15) is 13.2 Å². The molecule has 0 saturated heterocycles. The topological polar surface area (TPSA) is 78.9 Å². The van der Waals surface area contributed by atoms with Crippen molar-refractivity contribution in [3.8, 4) is 0 Å². The fourth-order valence-electron chi connectivity index (χ4n) is 6.57. The Morgan fingerprint density at radius 1 is 0.350 bits per heavy atom. The van der Waals surface area contributed by atoms with Gasteiger partial charge in [-0.15, -0.1) is 0 Å². The van der Waals surface area contributed by atoms with Gasteiger partial charge in [0.15, 0.2) is 6.10 Å². The Balaban J connectivity index is 4.44. The van der Waals surface area contributed by atoms with Crippen molar-refractivity contribution in [2.24, 2.45) is 0 Å². The summed E-state index contributed by atoms with van der Waals surface area (Å²) in [6.07, 6.45) is 61.4. The SMILES string of the molecule is CC\C=C/C=C\C=C/C=C\C=C/CCCCCC(=O)OC(COC(=O)CCCCCCC/C=C\C=C/CCCCCCCCC)COC(=O)CCCCCCCCCCC. The maximum Gasteiger partial charge on any atom is 0.306 e. The highest BCUT2D eigenvalue weighted by Crippen LogP contribution is 2.13. The van der Waals surface area contributed by atoms with Gasteiger partial charge in [0.2, 0.25) is 0 Å². The summed E-state index contributed by atoms with van der Waals surface area (Å²) in [5.74, 6) is -0.963. The van der Waals surface area contributed by atoms with E-state index in [1.807, 2.05) is 48.6 Å². The van der Waals surface area contributed by atoms with Gasteiger partial charge in [-0.1, -0.05) is 221 Å². The lowest BCUT2D eigenvalue weighted by atomic mass is 10.1. The first-order valence-corrected chi connectivity index (χ1v) is 24.7. The molecule has 0 aliphatic heterocycles. The molecule has 0 spiro atoms. The van der Waals surface area contributed by atoms with Crippen LogP contribution in [0.4, 0.5) is 0 Å². The van der Waals surface area contributed by atoms with Crippen LogP contribution in [-0.4, -0.2) is 37.2 Å². The van der Waals surface area contributed by atoms with E-state index in [2.05, 4.69) is 57.2 Å². The molecule has 0 bridgehead atoms. The zero-order chi connectivity index (χ0) is 43.7. The van der Waals surface area contributed by atoms with E-state index in [-0.39, 0.29) is 37.5 Å². The van der Waals surface area contributed by atoms with Crippen LogP contribution < -0.4 is 0 Å². The second kappa shape index (κ2) is 48.3. The van der Waals surface area contributed by atoms with E-state index in [9.17, 15) is 14.4 Å². The standard InChI is InChI=1S/C54H90O6/c1-4-7-10-13-16-19-21-23-25-26-27-29-30-32-35-38-41-44-47-53(56)59-50-51(49-58-52(55)46-43-40-37-34-18-15-12-9-6-3)60-54(57)48-45-42-39-36-33-31-28-24-22-20-17-14-11-8-5-2/h8,11,14,17,20,22,24-29,31,33,51H,4-7,9-10,12-13,15-16,18-19,21,23,30,32,34-50H2,1-3H3/b11-8-,17-14-,22-20-,26-25-,28-24-,29-27-,33-31-. The van der Waals surface area contributed by atoms with Gasteiger partial charge in [-0.3, -0.25) is 14.4 Å². The van der Waals surface area contributed by atoms with Crippen molar-refractivity contribution in [1.29, 1.82) is 0 Å². The zero-order valence-corrected chi connectivity index (χ0v) is 38.9. The molecule has 1 atom stereocenters. The van der Waals surface area contributed by atoms with Crippen LogP contribution in [0, 0.1) is 0 Å². The van der Waals surface area contributed by atoms with Crippen LogP contribution in [0.25, 0.3) is 0 Å². The van der Waals surface area contributed by atoms with Crippen LogP contribution in [0.1, 0.15) is 220 Å². The van der Waals surface area contributed by atoms with E-state index in [0.29, 0.717) is 19.3 Å². The average Bonchev–Trinajstić information content (AvgIpc) is 3.24. The second-order valence-corrected chi connectivity index (χ2v) is 16.1. The highest BCUT2D eigenvalue weighted by molar-refractivity contribution is 5.71. The van der Waals surface area contributed by atoms with Crippen LogP contribution in [0.15, 0.2) is 85.1 Å². The van der Waals surface area contributed by atoms with Crippen molar-refractivity contribution in [1.82, 2.24) is 0 Å². The molecule has 0 radical (unpaired) electrons. The highest BCUT2D eigenvalue weighted by Gasteiger charge is 2.19. The zero-order valence-electron chi connectivity index (χ0n) is 38.9. The summed E-state index contributed by atoms with van der Waals surface area (Å²) in [6.45, 7) is 6.41. The minimum absolute atomic E-state index is 0.0988. The third-order valence-electron chi connectivity index (χ3n) is 10.3. The van der Waals surface area contributed by atoms with Gasteiger partial charge in [-0.05, 0) is 64.2 Å². The highest BCUT2D eigenvalue weighted by atomic mass is 16.6. The monoisotopic (exact) mass is 835 g/mol. The summed E-state index contributed by atoms with van der Waals surface area (Å²) in [5, 5.41) is 0. The summed E-state index contributed by atoms with van der Waals surface area (Å²) >= 11 is 0. The smallest absolute Gasteiger partial charge is 0.306 e. The summed E-state index contributed by atoms with van der Waals surface area (Å²) < 4.78 is 16.7. The molecule has 0 aliphatic carbocycles. The minimum Gasteiger partial charge on any atom is -0.462 e. The first-order chi connectivity index (χ1) is 29.5. The quantitative estimate of drug-likeness (QED) is 0.0263. The number of carbonyl (C=O) groups excluding carboxylic acids is 3. The molecule has 342 valence electrons. The number of unbranched alkanes of at least 4 members (excludes halogenated alkanes) is 23. The number of allylic oxidation sites excluding steroid dienone is 14. The first-order valence-electron chi connectivity index (χ1n) is 24.7. The Labute approximate surface area is 369 Å². The van der Waals surface area contributed by atoms with Gasteiger partial charge >= 0.3 is 17.9 Å². The number of rotatable bonds is 43. The van der Waals surface area contributed by atoms with Crippen molar-refractivity contribution in [2.45, 2.75) is 226 Å².